The molecule has 2 aliphatic rings. The third kappa shape index (κ3) is 3.87. The predicted molar refractivity (Wildman–Crippen MR) is 95.6 cm³/mol. The maximum Gasteiger partial charge on any atom is 0.228 e. The zero-order valence-corrected chi connectivity index (χ0v) is 15.2. The maximum absolute atomic E-state index is 12.6. The molecule has 1 aromatic carbocycles. The highest BCUT2D eigenvalue weighted by atomic mass is 79.9. The van der Waals surface area contributed by atoms with Crippen LogP contribution in [-0.2, 0) is 9.59 Å². The second kappa shape index (κ2) is 7.64. The number of para-hydroxylation sites is 1. The van der Waals surface area contributed by atoms with Crippen LogP contribution in [0.4, 0.5) is 5.69 Å². The van der Waals surface area contributed by atoms with Gasteiger partial charge in [0.15, 0.2) is 0 Å². The molecule has 23 heavy (non-hydrogen) atoms. The first-order valence-electron chi connectivity index (χ1n) is 7.65. The van der Waals surface area contributed by atoms with E-state index in [1.54, 1.807) is 4.90 Å². The van der Waals surface area contributed by atoms with Gasteiger partial charge in [0.2, 0.25) is 11.8 Å². The molecule has 0 bridgehead atoms. The summed E-state index contributed by atoms with van der Waals surface area (Å²) in [6.07, 6.45) is 1.99. The number of hydrogen-bond donors (Lipinski definition) is 1. The lowest BCUT2D eigenvalue weighted by Gasteiger charge is -2.32. The van der Waals surface area contributed by atoms with Gasteiger partial charge >= 0.3 is 0 Å². The number of anilines is 1. The zero-order valence-electron chi connectivity index (χ0n) is 12.8. The second-order valence-corrected chi connectivity index (χ2v) is 6.87. The number of nitrogens with zero attached hydrogens (tertiary/aromatic N) is 2. The SMILES string of the molecule is Cl.NC1CCN(C(=O)C2CC(=O)N(c3ccccc3Br)C2)CC1. The molecule has 2 amide bonds. The van der Waals surface area contributed by atoms with Crippen LogP contribution in [0.5, 0.6) is 0 Å². The molecule has 2 aliphatic heterocycles. The molecule has 1 unspecified atom stereocenters. The van der Waals surface area contributed by atoms with Crippen LogP contribution in [0.15, 0.2) is 28.7 Å². The summed E-state index contributed by atoms with van der Waals surface area (Å²) in [5.74, 6) is -0.136. The van der Waals surface area contributed by atoms with Crippen LogP contribution >= 0.6 is 28.3 Å². The van der Waals surface area contributed by atoms with Gasteiger partial charge in [-0.05, 0) is 40.9 Å². The zero-order chi connectivity index (χ0) is 15.7. The summed E-state index contributed by atoms with van der Waals surface area (Å²) < 4.78 is 0.875. The number of benzene rings is 1. The molecule has 7 heteroatoms. The van der Waals surface area contributed by atoms with E-state index in [4.69, 9.17) is 5.73 Å². The lowest BCUT2D eigenvalue weighted by Crippen LogP contribution is -2.45. The Balaban J connectivity index is 0.00000192. The first kappa shape index (κ1) is 18.2. The van der Waals surface area contributed by atoms with Crippen molar-refractivity contribution in [3.63, 3.8) is 0 Å². The molecule has 2 fully saturated rings. The Labute approximate surface area is 150 Å². The normalized spacial score (nSPS) is 22.2. The van der Waals surface area contributed by atoms with Crippen LogP contribution in [0.2, 0.25) is 0 Å². The highest BCUT2D eigenvalue weighted by molar-refractivity contribution is 9.10. The lowest BCUT2D eigenvalue weighted by atomic mass is 10.0. The summed E-state index contributed by atoms with van der Waals surface area (Å²) in [7, 11) is 0. The molecule has 2 saturated heterocycles. The number of likely N-dealkylation sites (tertiary alicyclic amines) is 1. The summed E-state index contributed by atoms with van der Waals surface area (Å²) in [5, 5.41) is 0. The van der Waals surface area contributed by atoms with Crippen molar-refractivity contribution in [2.75, 3.05) is 24.5 Å². The molecule has 0 aromatic heterocycles. The van der Waals surface area contributed by atoms with Crippen molar-refractivity contribution in [2.45, 2.75) is 25.3 Å². The van der Waals surface area contributed by atoms with E-state index in [9.17, 15) is 9.59 Å². The third-order valence-electron chi connectivity index (χ3n) is 4.47. The summed E-state index contributed by atoms with van der Waals surface area (Å²) >= 11 is 3.47. The molecule has 1 aromatic rings. The quantitative estimate of drug-likeness (QED) is 0.824. The molecule has 5 nitrogen and oxygen atoms in total. The maximum atomic E-state index is 12.6. The van der Waals surface area contributed by atoms with Crippen molar-refractivity contribution in [1.82, 2.24) is 4.90 Å². The van der Waals surface area contributed by atoms with E-state index in [2.05, 4.69) is 15.9 Å². The molecular weight excluding hydrogens is 382 g/mol. The summed E-state index contributed by atoms with van der Waals surface area (Å²) in [5.41, 5.74) is 6.72. The monoisotopic (exact) mass is 401 g/mol. The number of rotatable bonds is 2. The van der Waals surface area contributed by atoms with Gasteiger partial charge in [0.05, 0.1) is 11.6 Å². The van der Waals surface area contributed by atoms with Crippen molar-refractivity contribution >= 4 is 45.8 Å². The molecule has 0 aliphatic carbocycles. The van der Waals surface area contributed by atoms with E-state index in [0.29, 0.717) is 26.1 Å². The van der Waals surface area contributed by atoms with E-state index in [-0.39, 0.29) is 36.2 Å². The summed E-state index contributed by atoms with van der Waals surface area (Å²) in [4.78, 5) is 28.5. The van der Waals surface area contributed by atoms with Crippen molar-refractivity contribution in [2.24, 2.45) is 11.7 Å². The molecule has 2 heterocycles. The van der Waals surface area contributed by atoms with E-state index >= 15 is 0 Å². The minimum Gasteiger partial charge on any atom is -0.342 e. The van der Waals surface area contributed by atoms with Gasteiger partial charge in [0.25, 0.3) is 0 Å². The second-order valence-electron chi connectivity index (χ2n) is 6.02. The fraction of sp³-hybridized carbons (Fsp3) is 0.500. The van der Waals surface area contributed by atoms with Gasteiger partial charge in [0, 0.05) is 36.6 Å². The Morgan fingerprint density at radius 1 is 1.22 bits per heavy atom. The average Bonchev–Trinajstić information content (AvgIpc) is 2.90. The van der Waals surface area contributed by atoms with Crippen molar-refractivity contribution in [3.8, 4) is 0 Å². The van der Waals surface area contributed by atoms with Gasteiger partial charge in [-0.25, -0.2) is 0 Å². The van der Waals surface area contributed by atoms with E-state index in [1.807, 2.05) is 29.2 Å². The average molecular weight is 403 g/mol. The topological polar surface area (TPSA) is 66.6 Å². The van der Waals surface area contributed by atoms with E-state index < -0.39 is 0 Å². The number of carbonyl (C=O) groups excluding carboxylic acids is 2. The molecule has 0 radical (unpaired) electrons. The van der Waals surface area contributed by atoms with Gasteiger partial charge in [0.1, 0.15) is 0 Å². The Morgan fingerprint density at radius 2 is 1.87 bits per heavy atom. The van der Waals surface area contributed by atoms with E-state index in [0.717, 1.165) is 23.0 Å². The molecule has 3 rings (SSSR count). The number of halogens is 2. The third-order valence-corrected chi connectivity index (χ3v) is 5.14. The van der Waals surface area contributed by atoms with Crippen LogP contribution in [-0.4, -0.2) is 42.4 Å². The highest BCUT2D eigenvalue weighted by Gasteiger charge is 2.38. The van der Waals surface area contributed by atoms with Gasteiger partial charge in [-0.2, -0.15) is 0 Å². The lowest BCUT2D eigenvalue weighted by molar-refractivity contribution is -0.136. The Hall–Kier alpha value is -1.11. The van der Waals surface area contributed by atoms with Crippen LogP contribution in [0.25, 0.3) is 0 Å². The van der Waals surface area contributed by atoms with Gasteiger partial charge in [-0.3, -0.25) is 9.59 Å². The number of nitrogens with two attached hydrogens (primary N) is 1. The molecular formula is C16H21BrClN3O2. The minimum absolute atomic E-state index is 0. The van der Waals surface area contributed by atoms with Crippen LogP contribution in [0, 0.1) is 5.92 Å². The van der Waals surface area contributed by atoms with Crippen LogP contribution < -0.4 is 10.6 Å². The Bertz CT molecular complexity index is 590. The molecule has 0 saturated carbocycles. The molecule has 2 N–H and O–H groups in total. The van der Waals surface area contributed by atoms with Crippen molar-refractivity contribution < 1.29 is 9.59 Å². The smallest absolute Gasteiger partial charge is 0.228 e. The summed E-state index contributed by atoms with van der Waals surface area (Å²) in [6, 6.07) is 7.81. The van der Waals surface area contributed by atoms with Crippen molar-refractivity contribution in [1.29, 1.82) is 0 Å². The Kier molecular flexibility index (Phi) is 6.06. The van der Waals surface area contributed by atoms with Gasteiger partial charge in [-0.1, -0.05) is 12.1 Å². The predicted octanol–water partition coefficient (Wildman–Crippen LogP) is 2.17. The van der Waals surface area contributed by atoms with Gasteiger partial charge < -0.3 is 15.5 Å². The molecule has 0 spiro atoms. The highest BCUT2D eigenvalue weighted by Crippen LogP contribution is 2.32. The number of carbonyl (C=O) groups is 2. The fourth-order valence-corrected chi connectivity index (χ4v) is 3.65. The largest absolute Gasteiger partial charge is 0.342 e. The first-order chi connectivity index (χ1) is 10.6. The molecule has 1 atom stereocenters. The number of amides is 2. The fourth-order valence-electron chi connectivity index (χ4n) is 3.15. The van der Waals surface area contributed by atoms with Gasteiger partial charge in [-0.15, -0.1) is 12.4 Å². The first-order valence-corrected chi connectivity index (χ1v) is 8.45. The minimum atomic E-state index is -0.242. The summed E-state index contributed by atoms with van der Waals surface area (Å²) in [6.45, 7) is 1.88. The number of hydrogen-bond acceptors (Lipinski definition) is 3. The molecule has 126 valence electrons. The van der Waals surface area contributed by atoms with Crippen molar-refractivity contribution in [3.05, 3.63) is 28.7 Å². The number of piperidine rings is 1. The van der Waals surface area contributed by atoms with E-state index in [1.165, 1.54) is 0 Å². The Morgan fingerprint density at radius 3 is 2.52 bits per heavy atom. The van der Waals surface area contributed by atoms with Crippen LogP contribution in [0.3, 0.4) is 0 Å². The van der Waals surface area contributed by atoms with Crippen LogP contribution in [0.1, 0.15) is 19.3 Å². The standard InChI is InChI=1S/C16H20BrN3O2.ClH/c17-13-3-1-2-4-14(13)20-10-11(9-15(20)21)16(22)19-7-5-12(18)6-8-19;/h1-4,11-12H,5-10,18H2;1H.